The summed E-state index contributed by atoms with van der Waals surface area (Å²) in [6.45, 7) is 14.2. The molecule has 0 saturated carbocycles. The van der Waals surface area contributed by atoms with Crippen molar-refractivity contribution in [2.75, 3.05) is 0 Å². The minimum atomic E-state index is -1.49. The van der Waals surface area contributed by atoms with E-state index >= 15 is 0 Å². The molecule has 0 aliphatic rings. The van der Waals surface area contributed by atoms with Crippen molar-refractivity contribution in [3.05, 3.63) is 23.8 Å². The SMILES string of the molecule is CC[Si](CC)(CC)c1ccc([C]=O)cc1[Si](CC)(CC)CC. The summed E-state index contributed by atoms with van der Waals surface area (Å²) in [5, 5.41) is 3.26. The van der Waals surface area contributed by atoms with E-state index in [1.54, 1.807) is 10.4 Å². The molecule has 123 valence electrons. The van der Waals surface area contributed by atoms with E-state index in [-0.39, 0.29) is 0 Å². The van der Waals surface area contributed by atoms with E-state index in [4.69, 9.17) is 0 Å². The van der Waals surface area contributed by atoms with Gasteiger partial charge in [-0.1, -0.05) is 106 Å². The predicted octanol–water partition coefficient (Wildman–Crippen LogP) is 4.58. The number of carbonyl (C=O) groups excluding carboxylic acids is 1. The van der Waals surface area contributed by atoms with Crippen LogP contribution in [0.5, 0.6) is 0 Å². The lowest BCUT2D eigenvalue weighted by Crippen LogP contribution is -2.62. The molecule has 0 aliphatic heterocycles. The quantitative estimate of drug-likeness (QED) is 0.605. The van der Waals surface area contributed by atoms with Crippen molar-refractivity contribution < 1.29 is 4.79 Å². The first-order valence-corrected chi connectivity index (χ1v) is 14.3. The fourth-order valence-corrected chi connectivity index (χ4v) is 13.2. The third-order valence-electron chi connectivity index (χ3n) is 6.34. The number of benzene rings is 1. The van der Waals surface area contributed by atoms with Gasteiger partial charge in [0.05, 0.1) is 16.1 Å². The first-order valence-electron chi connectivity index (χ1n) is 9.06. The van der Waals surface area contributed by atoms with E-state index in [1.165, 1.54) is 36.3 Å². The van der Waals surface area contributed by atoms with Gasteiger partial charge in [0.15, 0.2) is 0 Å². The lowest BCUT2D eigenvalue weighted by molar-refractivity contribution is 0.563. The molecule has 0 spiro atoms. The number of hydrogen-bond acceptors (Lipinski definition) is 1. The molecule has 0 heterocycles. The Kier molecular flexibility index (Phi) is 7.27. The molecule has 1 aromatic rings. The molecule has 22 heavy (non-hydrogen) atoms. The Labute approximate surface area is 139 Å². The van der Waals surface area contributed by atoms with Gasteiger partial charge in [-0.2, -0.15) is 0 Å². The van der Waals surface area contributed by atoms with Crippen molar-refractivity contribution >= 4 is 32.8 Å². The van der Waals surface area contributed by atoms with Crippen LogP contribution < -0.4 is 10.4 Å². The summed E-state index contributed by atoms with van der Waals surface area (Å²) < 4.78 is 0. The van der Waals surface area contributed by atoms with Gasteiger partial charge < -0.3 is 0 Å². The molecule has 1 rings (SSSR count). The van der Waals surface area contributed by atoms with Crippen molar-refractivity contribution in [3.8, 4) is 0 Å². The van der Waals surface area contributed by atoms with Gasteiger partial charge in [0.2, 0.25) is 6.29 Å². The van der Waals surface area contributed by atoms with Crippen LogP contribution in [0.4, 0.5) is 0 Å². The second kappa shape index (κ2) is 8.25. The molecule has 1 aromatic carbocycles. The molecule has 0 atom stereocenters. The predicted molar refractivity (Wildman–Crippen MR) is 105 cm³/mol. The largest absolute Gasteiger partial charge is 0.285 e. The van der Waals surface area contributed by atoms with Crippen LogP contribution in [0, 0.1) is 0 Å². The normalized spacial score (nSPS) is 12.5. The molecule has 0 amide bonds. The Morgan fingerprint density at radius 2 is 1.14 bits per heavy atom. The van der Waals surface area contributed by atoms with E-state index in [1.807, 2.05) is 6.07 Å². The van der Waals surface area contributed by atoms with E-state index < -0.39 is 16.1 Å². The summed E-state index contributed by atoms with van der Waals surface area (Å²) in [7, 11) is -2.92. The van der Waals surface area contributed by atoms with Gasteiger partial charge in [-0.05, 0) is 0 Å². The zero-order valence-electron chi connectivity index (χ0n) is 15.4. The highest BCUT2D eigenvalue weighted by Crippen LogP contribution is 2.25. The van der Waals surface area contributed by atoms with Gasteiger partial charge in [0.25, 0.3) is 0 Å². The van der Waals surface area contributed by atoms with Crippen LogP contribution in [-0.4, -0.2) is 22.4 Å². The van der Waals surface area contributed by atoms with E-state index in [2.05, 4.69) is 60.0 Å². The van der Waals surface area contributed by atoms with Gasteiger partial charge in [0.1, 0.15) is 0 Å². The molecule has 0 aliphatic carbocycles. The summed E-state index contributed by atoms with van der Waals surface area (Å²) in [6.07, 6.45) is 2.13. The first-order chi connectivity index (χ1) is 10.5. The Hall–Kier alpha value is -0.676. The fraction of sp³-hybridized carbons (Fsp3) is 0.632. The van der Waals surface area contributed by atoms with E-state index in [0.29, 0.717) is 0 Å². The van der Waals surface area contributed by atoms with Gasteiger partial charge in [-0.25, -0.2) is 0 Å². The van der Waals surface area contributed by atoms with Crippen LogP contribution in [0.1, 0.15) is 47.1 Å². The molecule has 1 nitrogen and oxygen atoms in total. The molecule has 0 N–H and O–H groups in total. The highest BCUT2D eigenvalue weighted by Gasteiger charge is 2.38. The second-order valence-electron chi connectivity index (χ2n) is 6.54. The molecule has 1 radical (unpaired) electrons. The zero-order chi connectivity index (χ0) is 16.8. The average Bonchev–Trinajstić information content (AvgIpc) is 2.59. The Morgan fingerprint density at radius 3 is 1.50 bits per heavy atom. The number of hydrogen-bond donors (Lipinski definition) is 0. The van der Waals surface area contributed by atoms with Gasteiger partial charge in [-0.3, -0.25) is 4.79 Å². The van der Waals surface area contributed by atoms with Crippen LogP contribution >= 0.6 is 0 Å². The Bertz CT molecular complexity index is 472. The summed E-state index contributed by atoms with van der Waals surface area (Å²) in [5.74, 6) is 0. The Morgan fingerprint density at radius 1 is 0.727 bits per heavy atom. The molecule has 0 saturated heterocycles. The van der Waals surface area contributed by atoms with Crippen molar-refractivity contribution in [2.45, 2.75) is 77.8 Å². The third-order valence-corrected chi connectivity index (χ3v) is 17.8. The molecule has 0 unspecified atom stereocenters. The van der Waals surface area contributed by atoms with Crippen LogP contribution in [0.3, 0.4) is 0 Å². The van der Waals surface area contributed by atoms with Crippen molar-refractivity contribution in [2.24, 2.45) is 0 Å². The lowest BCUT2D eigenvalue weighted by atomic mass is 10.2. The molecular weight excluding hydrogens is 300 g/mol. The van der Waals surface area contributed by atoms with E-state index in [0.717, 1.165) is 5.56 Å². The fourth-order valence-electron chi connectivity index (χ4n) is 4.15. The van der Waals surface area contributed by atoms with E-state index in [9.17, 15) is 4.79 Å². The van der Waals surface area contributed by atoms with Crippen molar-refractivity contribution in [1.29, 1.82) is 0 Å². The summed E-state index contributed by atoms with van der Waals surface area (Å²) >= 11 is 0. The maximum Gasteiger partial charge on any atom is 0.233 e. The maximum atomic E-state index is 11.2. The summed E-state index contributed by atoms with van der Waals surface area (Å²) in [6, 6.07) is 14.3. The molecule has 0 aromatic heterocycles. The number of rotatable bonds is 9. The van der Waals surface area contributed by atoms with Crippen LogP contribution in [0.2, 0.25) is 36.3 Å². The highest BCUT2D eigenvalue weighted by molar-refractivity contribution is 7.01. The summed E-state index contributed by atoms with van der Waals surface area (Å²) in [4.78, 5) is 11.2. The van der Waals surface area contributed by atoms with Crippen LogP contribution in [0.15, 0.2) is 18.2 Å². The maximum absolute atomic E-state index is 11.2. The second-order valence-corrected chi connectivity index (χ2v) is 17.0. The van der Waals surface area contributed by atoms with Gasteiger partial charge in [-0.15, -0.1) is 0 Å². The topological polar surface area (TPSA) is 17.1 Å². The smallest absolute Gasteiger partial charge is 0.233 e. The lowest BCUT2D eigenvalue weighted by Gasteiger charge is -2.38. The monoisotopic (exact) mass is 333 g/mol. The van der Waals surface area contributed by atoms with Gasteiger partial charge in [0, 0.05) is 5.56 Å². The Balaban J connectivity index is 3.69. The summed E-state index contributed by atoms with van der Waals surface area (Å²) in [5.41, 5.74) is 0.747. The van der Waals surface area contributed by atoms with Crippen LogP contribution in [-0.2, 0) is 4.79 Å². The van der Waals surface area contributed by atoms with Crippen molar-refractivity contribution in [3.63, 3.8) is 0 Å². The van der Waals surface area contributed by atoms with Crippen molar-refractivity contribution in [1.82, 2.24) is 0 Å². The third kappa shape index (κ3) is 3.30. The van der Waals surface area contributed by atoms with Crippen LogP contribution in [0.25, 0.3) is 0 Å². The average molecular weight is 334 g/mol. The molecular formula is C19H33OSi2. The minimum absolute atomic E-state index is 0.747. The molecule has 0 bridgehead atoms. The zero-order valence-corrected chi connectivity index (χ0v) is 17.4. The molecule has 0 fully saturated rings. The first kappa shape index (κ1) is 19.4. The standard InChI is InChI=1S/C19H33OSi2/c1-7-21(8-2,9-3)18-14-13-17(16-20)15-19(18)22(10-4,11-5)12-6/h13-15H,7-12H2,1-6H3. The van der Waals surface area contributed by atoms with Gasteiger partial charge >= 0.3 is 0 Å². The highest BCUT2D eigenvalue weighted by atomic mass is 28.3. The minimum Gasteiger partial charge on any atom is -0.285 e. The molecule has 3 heteroatoms.